The average Bonchev–Trinajstić information content (AvgIpc) is 2.91. The maximum atomic E-state index is 11.9. The molecule has 1 aromatic rings. The Morgan fingerprint density at radius 3 is 2.85 bits per heavy atom. The summed E-state index contributed by atoms with van der Waals surface area (Å²) in [4.78, 5) is 14.3. The van der Waals surface area contributed by atoms with Gasteiger partial charge in [0.05, 0.1) is 0 Å². The van der Waals surface area contributed by atoms with Crippen LogP contribution in [0.2, 0.25) is 0 Å². The van der Waals surface area contributed by atoms with Gasteiger partial charge in [-0.15, -0.1) is 0 Å². The van der Waals surface area contributed by atoms with Crippen molar-refractivity contribution in [3.8, 4) is 5.75 Å². The van der Waals surface area contributed by atoms with Gasteiger partial charge in [-0.3, -0.25) is 9.69 Å². The summed E-state index contributed by atoms with van der Waals surface area (Å²) in [7, 11) is 0. The fourth-order valence-electron chi connectivity index (χ4n) is 2.29. The van der Waals surface area contributed by atoms with E-state index in [4.69, 9.17) is 4.74 Å². The van der Waals surface area contributed by atoms with Crippen molar-refractivity contribution in [3.05, 3.63) is 42.1 Å². The predicted octanol–water partition coefficient (Wildman–Crippen LogP) is 2.42. The number of allylic oxidation sites excluding steroid dienone is 1. The van der Waals surface area contributed by atoms with E-state index in [1.54, 1.807) is 19.1 Å². The molecule has 1 N–H and O–H groups in total. The number of benzene rings is 1. The Balaban J connectivity index is 1.85. The first-order valence-corrected chi connectivity index (χ1v) is 7.07. The quantitative estimate of drug-likeness (QED) is 0.866. The summed E-state index contributed by atoms with van der Waals surface area (Å²) in [6, 6.07) is 7.24. The SMILES string of the molecule is C=C(C)NC(=O)c1cccc(OCCN2CCCC2)c1. The molecule has 0 aromatic heterocycles. The Morgan fingerprint density at radius 1 is 1.40 bits per heavy atom. The van der Waals surface area contributed by atoms with E-state index in [0.717, 1.165) is 12.3 Å². The van der Waals surface area contributed by atoms with Crippen LogP contribution in [-0.4, -0.2) is 37.0 Å². The van der Waals surface area contributed by atoms with E-state index in [-0.39, 0.29) is 5.91 Å². The van der Waals surface area contributed by atoms with Crippen molar-refractivity contribution in [1.29, 1.82) is 0 Å². The number of hydrogen-bond acceptors (Lipinski definition) is 3. The highest BCUT2D eigenvalue weighted by atomic mass is 16.5. The summed E-state index contributed by atoms with van der Waals surface area (Å²) in [5, 5.41) is 2.69. The number of rotatable bonds is 6. The van der Waals surface area contributed by atoms with Crippen molar-refractivity contribution in [3.63, 3.8) is 0 Å². The molecule has 0 radical (unpaired) electrons. The van der Waals surface area contributed by atoms with Crippen LogP contribution < -0.4 is 10.1 Å². The van der Waals surface area contributed by atoms with Gasteiger partial charge >= 0.3 is 0 Å². The Labute approximate surface area is 120 Å². The van der Waals surface area contributed by atoms with Gasteiger partial charge in [0.2, 0.25) is 0 Å². The molecule has 1 aromatic carbocycles. The third-order valence-electron chi connectivity index (χ3n) is 3.30. The van der Waals surface area contributed by atoms with Crippen molar-refractivity contribution in [2.75, 3.05) is 26.2 Å². The smallest absolute Gasteiger partial charge is 0.255 e. The molecule has 0 unspecified atom stereocenters. The second-order valence-electron chi connectivity index (χ2n) is 5.16. The molecule has 1 aliphatic rings. The van der Waals surface area contributed by atoms with Crippen LogP contribution in [0.25, 0.3) is 0 Å². The minimum absolute atomic E-state index is 0.150. The summed E-state index contributed by atoms with van der Waals surface area (Å²) in [5.74, 6) is 0.584. The molecule has 1 heterocycles. The van der Waals surface area contributed by atoms with Crippen LogP contribution in [0.15, 0.2) is 36.5 Å². The van der Waals surface area contributed by atoms with Gasteiger partial charge in [-0.1, -0.05) is 12.6 Å². The van der Waals surface area contributed by atoms with Crippen LogP contribution in [0.1, 0.15) is 30.1 Å². The highest BCUT2D eigenvalue weighted by Gasteiger charge is 2.11. The van der Waals surface area contributed by atoms with Crippen molar-refractivity contribution in [2.24, 2.45) is 0 Å². The predicted molar refractivity (Wildman–Crippen MR) is 79.9 cm³/mol. The molecule has 1 aliphatic heterocycles. The van der Waals surface area contributed by atoms with Gasteiger partial charge in [0.1, 0.15) is 12.4 Å². The zero-order chi connectivity index (χ0) is 14.4. The number of hydrogen-bond donors (Lipinski definition) is 1. The fraction of sp³-hybridized carbons (Fsp3) is 0.438. The zero-order valence-corrected chi connectivity index (χ0v) is 12.0. The van der Waals surface area contributed by atoms with Crippen molar-refractivity contribution in [2.45, 2.75) is 19.8 Å². The molecule has 4 nitrogen and oxygen atoms in total. The number of carbonyl (C=O) groups is 1. The molecule has 0 bridgehead atoms. The highest BCUT2D eigenvalue weighted by molar-refractivity contribution is 5.95. The molecule has 1 amide bonds. The lowest BCUT2D eigenvalue weighted by Crippen LogP contribution is -2.25. The van der Waals surface area contributed by atoms with E-state index in [0.29, 0.717) is 17.9 Å². The van der Waals surface area contributed by atoms with Gasteiger partial charge in [0.15, 0.2) is 0 Å². The number of likely N-dealkylation sites (tertiary alicyclic amines) is 1. The van der Waals surface area contributed by atoms with Gasteiger partial charge in [0.25, 0.3) is 5.91 Å². The summed E-state index contributed by atoms with van der Waals surface area (Å²) in [6.45, 7) is 9.37. The summed E-state index contributed by atoms with van der Waals surface area (Å²) in [6.07, 6.45) is 2.58. The third kappa shape index (κ3) is 4.38. The minimum atomic E-state index is -0.150. The molecule has 4 heteroatoms. The molecule has 0 atom stereocenters. The molecule has 20 heavy (non-hydrogen) atoms. The van der Waals surface area contributed by atoms with E-state index >= 15 is 0 Å². The van der Waals surface area contributed by atoms with Gasteiger partial charge in [0, 0.05) is 17.8 Å². The maximum Gasteiger partial charge on any atom is 0.255 e. The Hall–Kier alpha value is -1.81. The zero-order valence-electron chi connectivity index (χ0n) is 12.0. The van der Waals surface area contributed by atoms with Gasteiger partial charge < -0.3 is 10.1 Å². The monoisotopic (exact) mass is 274 g/mol. The van der Waals surface area contributed by atoms with Gasteiger partial charge in [-0.2, -0.15) is 0 Å². The summed E-state index contributed by atoms with van der Waals surface area (Å²) in [5.41, 5.74) is 1.22. The lowest BCUT2D eigenvalue weighted by atomic mass is 10.2. The summed E-state index contributed by atoms with van der Waals surface area (Å²) < 4.78 is 5.72. The summed E-state index contributed by atoms with van der Waals surface area (Å²) >= 11 is 0. The van der Waals surface area contributed by atoms with Crippen LogP contribution in [0.4, 0.5) is 0 Å². The van der Waals surface area contributed by atoms with Crippen molar-refractivity contribution >= 4 is 5.91 Å². The Kier molecular flexibility index (Phi) is 5.18. The molecule has 0 spiro atoms. The van der Waals surface area contributed by atoms with Crippen molar-refractivity contribution < 1.29 is 9.53 Å². The second-order valence-corrected chi connectivity index (χ2v) is 5.16. The normalized spacial score (nSPS) is 15.1. The fourth-order valence-corrected chi connectivity index (χ4v) is 2.29. The van der Waals surface area contributed by atoms with E-state index in [1.165, 1.54) is 25.9 Å². The van der Waals surface area contributed by atoms with E-state index in [2.05, 4.69) is 16.8 Å². The van der Waals surface area contributed by atoms with Crippen LogP contribution in [0, 0.1) is 0 Å². The number of nitrogens with zero attached hydrogens (tertiary/aromatic N) is 1. The third-order valence-corrected chi connectivity index (χ3v) is 3.30. The van der Waals surface area contributed by atoms with E-state index in [9.17, 15) is 4.79 Å². The van der Waals surface area contributed by atoms with Crippen LogP contribution >= 0.6 is 0 Å². The first kappa shape index (κ1) is 14.6. The van der Waals surface area contributed by atoms with Crippen molar-refractivity contribution in [1.82, 2.24) is 10.2 Å². The average molecular weight is 274 g/mol. The molecule has 0 aliphatic carbocycles. The second kappa shape index (κ2) is 7.10. The minimum Gasteiger partial charge on any atom is -0.492 e. The molecule has 1 fully saturated rings. The van der Waals surface area contributed by atoms with E-state index < -0.39 is 0 Å². The van der Waals surface area contributed by atoms with Crippen LogP contribution in [-0.2, 0) is 0 Å². The number of carbonyl (C=O) groups excluding carboxylic acids is 1. The Morgan fingerprint density at radius 2 is 2.15 bits per heavy atom. The van der Waals surface area contributed by atoms with E-state index in [1.807, 2.05) is 12.1 Å². The van der Waals surface area contributed by atoms with Gasteiger partial charge in [-0.05, 0) is 51.1 Å². The molecule has 0 saturated carbocycles. The molecular formula is C16H22N2O2. The largest absolute Gasteiger partial charge is 0.492 e. The first-order valence-electron chi connectivity index (χ1n) is 7.07. The lowest BCUT2D eigenvalue weighted by Gasteiger charge is -2.15. The highest BCUT2D eigenvalue weighted by Crippen LogP contribution is 2.14. The van der Waals surface area contributed by atoms with Gasteiger partial charge in [-0.25, -0.2) is 0 Å². The number of nitrogens with one attached hydrogen (secondary N) is 1. The maximum absolute atomic E-state index is 11.9. The lowest BCUT2D eigenvalue weighted by molar-refractivity contribution is 0.0965. The standard InChI is InChI=1S/C16H22N2O2/c1-13(2)17-16(19)14-6-5-7-15(12-14)20-11-10-18-8-3-4-9-18/h5-7,12H,1,3-4,8-11H2,2H3,(H,17,19). The first-order chi connectivity index (χ1) is 9.65. The molecule has 1 saturated heterocycles. The number of amides is 1. The molecular weight excluding hydrogens is 252 g/mol. The molecule has 108 valence electrons. The number of ether oxygens (including phenoxy) is 1. The Bertz CT molecular complexity index is 479. The molecule has 2 rings (SSSR count). The topological polar surface area (TPSA) is 41.6 Å². The van der Waals surface area contributed by atoms with Crippen LogP contribution in [0.3, 0.4) is 0 Å². The van der Waals surface area contributed by atoms with Crippen LogP contribution in [0.5, 0.6) is 5.75 Å².